The second-order valence-electron chi connectivity index (χ2n) is 2.77. The summed E-state index contributed by atoms with van der Waals surface area (Å²) >= 11 is 0. The molecule has 1 rings (SSSR count). The zero-order chi connectivity index (χ0) is 8.27. The smallest absolute Gasteiger partial charge is 0.407 e. The second-order valence-corrected chi connectivity index (χ2v) is 2.77. The molecule has 4 nitrogen and oxygen atoms in total. The van der Waals surface area contributed by atoms with Gasteiger partial charge in [0, 0.05) is 19.0 Å². The van der Waals surface area contributed by atoms with E-state index in [1.54, 1.807) is 0 Å². The minimum atomic E-state index is -0.920. The molecule has 0 spiro atoms. The van der Waals surface area contributed by atoms with E-state index in [1.807, 2.05) is 0 Å². The predicted octanol–water partition coefficient (Wildman–Crippen LogP) is 0.575. The standard InChI is InChI=1S/C7H11NO3/c9-5-6-2-1-3-8(4-6)7(10)11/h5-6H,1-4H2,(H,10,11). The highest BCUT2D eigenvalue weighted by molar-refractivity contribution is 5.66. The third-order valence-corrected chi connectivity index (χ3v) is 1.92. The number of likely N-dealkylation sites (tertiary alicyclic amines) is 1. The molecule has 0 aromatic rings. The van der Waals surface area contributed by atoms with E-state index in [0.29, 0.717) is 13.1 Å². The van der Waals surface area contributed by atoms with Crippen LogP contribution in [0.4, 0.5) is 4.79 Å². The summed E-state index contributed by atoms with van der Waals surface area (Å²) in [6.07, 6.45) is 1.55. The van der Waals surface area contributed by atoms with Crippen molar-refractivity contribution < 1.29 is 14.7 Å². The molecule has 11 heavy (non-hydrogen) atoms. The van der Waals surface area contributed by atoms with Gasteiger partial charge in [-0.15, -0.1) is 0 Å². The minimum Gasteiger partial charge on any atom is -0.465 e. The van der Waals surface area contributed by atoms with Gasteiger partial charge in [-0.05, 0) is 12.8 Å². The van der Waals surface area contributed by atoms with Crippen LogP contribution < -0.4 is 0 Å². The van der Waals surface area contributed by atoms with Crippen molar-refractivity contribution in [3.63, 3.8) is 0 Å². The van der Waals surface area contributed by atoms with Crippen LogP contribution in [-0.4, -0.2) is 35.5 Å². The lowest BCUT2D eigenvalue weighted by Crippen LogP contribution is -2.39. The minimum absolute atomic E-state index is 0.0835. The van der Waals surface area contributed by atoms with Crippen LogP contribution in [0.5, 0.6) is 0 Å². The Morgan fingerprint density at radius 3 is 2.91 bits per heavy atom. The molecule has 1 aliphatic rings. The van der Waals surface area contributed by atoms with E-state index < -0.39 is 6.09 Å². The number of aldehydes is 1. The average molecular weight is 157 g/mol. The summed E-state index contributed by atoms with van der Waals surface area (Å²) in [7, 11) is 0. The fraction of sp³-hybridized carbons (Fsp3) is 0.714. The quantitative estimate of drug-likeness (QED) is 0.566. The van der Waals surface area contributed by atoms with Gasteiger partial charge >= 0.3 is 6.09 Å². The zero-order valence-electron chi connectivity index (χ0n) is 6.19. The Morgan fingerprint density at radius 1 is 1.64 bits per heavy atom. The highest BCUT2D eigenvalue weighted by Gasteiger charge is 2.22. The Morgan fingerprint density at radius 2 is 2.36 bits per heavy atom. The average Bonchev–Trinajstić information content (AvgIpc) is 2.05. The number of carboxylic acid groups (broad SMARTS) is 1. The third kappa shape index (κ3) is 1.93. The van der Waals surface area contributed by atoms with Gasteiger partial charge in [-0.3, -0.25) is 0 Å². The SMILES string of the molecule is O=CC1CCCN(C(=O)O)C1. The molecular weight excluding hydrogens is 146 g/mol. The molecule has 1 heterocycles. The van der Waals surface area contributed by atoms with E-state index >= 15 is 0 Å². The fourth-order valence-corrected chi connectivity index (χ4v) is 1.29. The molecule has 0 saturated carbocycles. The molecule has 1 N–H and O–H groups in total. The van der Waals surface area contributed by atoms with Crippen LogP contribution in [0.1, 0.15) is 12.8 Å². The van der Waals surface area contributed by atoms with Gasteiger partial charge in [0.05, 0.1) is 0 Å². The van der Waals surface area contributed by atoms with E-state index in [1.165, 1.54) is 4.90 Å². The summed E-state index contributed by atoms with van der Waals surface area (Å²) in [6.45, 7) is 0.943. The molecule has 62 valence electrons. The first kappa shape index (κ1) is 8.04. The molecule has 0 aromatic carbocycles. The number of amides is 1. The van der Waals surface area contributed by atoms with Crippen LogP contribution >= 0.6 is 0 Å². The van der Waals surface area contributed by atoms with E-state index in [-0.39, 0.29) is 5.92 Å². The second kappa shape index (κ2) is 3.37. The molecule has 0 bridgehead atoms. The number of hydrogen-bond donors (Lipinski definition) is 1. The topological polar surface area (TPSA) is 57.6 Å². The monoisotopic (exact) mass is 157 g/mol. The van der Waals surface area contributed by atoms with Crippen molar-refractivity contribution in [2.24, 2.45) is 5.92 Å². The zero-order valence-corrected chi connectivity index (χ0v) is 6.19. The van der Waals surface area contributed by atoms with Gasteiger partial charge in [-0.1, -0.05) is 0 Å². The Bertz CT molecular complexity index is 169. The number of carbonyl (C=O) groups excluding carboxylic acids is 1. The van der Waals surface area contributed by atoms with Crippen LogP contribution in [0.15, 0.2) is 0 Å². The molecule has 1 fully saturated rings. The molecular formula is C7H11NO3. The van der Waals surface area contributed by atoms with Gasteiger partial charge in [0.15, 0.2) is 0 Å². The van der Waals surface area contributed by atoms with Gasteiger partial charge in [-0.25, -0.2) is 4.79 Å². The number of hydrogen-bond acceptors (Lipinski definition) is 2. The summed E-state index contributed by atoms with van der Waals surface area (Å²) in [5, 5.41) is 8.56. The third-order valence-electron chi connectivity index (χ3n) is 1.92. The maximum Gasteiger partial charge on any atom is 0.407 e. The Balaban J connectivity index is 2.45. The van der Waals surface area contributed by atoms with Crippen molar-refractivity contribution in [1.82, 2.24) is 4.90 Å². The summed E-state index contributed by atoms with van der Waals surface area (Å²) in [4.78, 5) is 22.0. The van der Waals surface area contributed by atoms with Gasteiger partial charge in [0.25, 0.3) is 0 Å². The van der Waals surface area contributed by atoms with Gasteiger partial charge in [0.1, 0.15) is 6.29 Å². The molecule has 4 heteroatoms. The maximum atomic E-state index is 10.4. The van der Waals surface area contributed by atoms with Crippen LogP contribution in [0, 0.1) is 5.92 Å². The summed E-state index contributed by atoms with van der Waals surface area (Å²) in [6, 6.07) is 0. The van der Waals surface area contributed by atoms with E-state index in [4.69, 9.17) is 5.11 Å². The normalized spacial score (nSPS) is 24.7. The first-order chi connectivity index (χ1) is 5.24. The van der Waals surface area contributed by atoms with Crippen molar-refractivity contribution in [3.05, 3.63) is 0 Å². The number of rotatable bonds is 1. The number of nitrogens with zero attached hydrogens (tertiary/aromatic N) is 1. The fourth-order valence-electron chi connectivity index (χ4n) is 1.29. The molecule has 0 aromatic heterocycles. The lowest BCUT2D eigenvalue weighted by atomic mass is 10.0. The van der Waals surface area contributed by atoms with Gasteiger partial charge in [0.2, 0.25) is 0 Å². The maximum absolute atomic E-state index is 10.4. The summed E-state index contributed by atoms with van der Waals surface area (Å²) < 4.78 is 0. The molecule has 1 amide bonds. The Hall–Kier alpha value is -1.06. The predicted molar refractivity (Wildman–Crippen MR) is 38.4 cm³/mol. The van der Waals surface area contributed by atoms with E-state index in [9.17, 15) is 9.59 Å². The molecule has 1 aliphatic heterocycles. The number of piperidine rings is 1. The van der Waals surface area contributed by atoms with Crippen molar-refractivity contribution in [1.29, 1.82) is 0 Å². The van der Waals surface area contributed by atoms with Crippen molar-refractivity contribution in [2.45, 2.75) is 12.8 Å². The van der Waals surface area contributed by atoms with Crippen LogP contribution in [0.2, 0.25) is 0 Å². The Labute approximate surface area is 64.8 Å². The molecule has 1 saturated heterocycles. The van der Waals surface area contributed by atoms with Gasteiger partial charge < -0.3 is 14.8 Å². The van der Waals surface area contributed by atoms with E-state index in [2.05, 4.69) is 0 Å². The lowest BCUT2D eigenvalue weighted by Gasteiger charge is -2.27. The molecule has 0 radical (unpaired) electrons. The highest BCUT2D eigenvalue weighted by atomic mass is 16.4. The van der Waals surface area contributed by atoms with Crippen molar-refractivity contribution in [2.75, 3.05) is 13.1 Å². The molecule has 1 atom stereocenters. The summed E-state index contributed by atoms with van der Waals surface area (Å²) in [5.41, 5.74) is 0. The first-order valence-electron chi connectivity index (χ1n) is 3.67. The van der Waals surface area contributed by atoms with Crippen LogP contribution in [0.3, 0.4) is 0 Å². The molecule has 1 unspecified atom stereocenters. The Kier molecular flexibility index (Phi) is 2.46. The van der Waals surface area contributed by atoms with Gasteiger partial charge in [-0.2, -0.15) is 0 Å². The first-order valence-corrected chi connectivity index (χ1v) is 3.67. The van der Waals surface area contributed by atoms with E-state index in [0.717, 1.165) is 19.1 Å². The van der Waals surface area contributed by atoms with Crippen molar-refractivity contribution in [3.8, 4) is 0 Å². The van der Waals surface area contributed by atoms with Crippen LogP contribution in [-0.2, 0) is 4.79 Å². The van der Waals surface area contributed by atoms with Crippen molar-refractivity contribution >= 4 is 12.4 Å². The highest BCUT2D eigenvalue weighted by Crippen LogP contribution is 2.13. The summed E-state index contributed by atoms with van der Waals surface area (Å²) in [5.74, 6) is -0.0835. The largest absolute Gasteiger partial charge is 0.465 e. The molecule has 0 aliphatic carbocycles. The number of carbonyl (C=O) groups is 2. The van der Waals surface area contributed by atoms with Crippen LogP contribution in [0.25, 0.3) is 0 Å². The lowest BCUT2D eigenvalue weighted by molar-refractivity contribution is -0.112.